The minimum atomic E-state index is 0.929. The second kappa shape index (κ2) is 7.58. The Hall–Kier alpha value is -2.40. The van der Waals surface area contributed by atoms with Gasteiger partial charge in [0.05, 0.1) is 20.4 Å². The third-order valence-electron chi connectivity index (χ3n) is 5.24. The van der Waals surface area contributed by atoms with E-state index in [1.165, 1.54) is 11.1 Å². The van der Waals surface area contributed by atoms with Crippen molar-refractivity contribution >= 4 is 85.1 Å². The summed E-state index contributed by atoms with van der Waals surface area (Å²) in [6.07, 6.45) is 3.28. The average Bonchev–Trinajstić information content (AvgIpc) is 3.30. The van der Waals surface area contributed by atoms with Gasteiger partial charge in [-0.05, 0) is 72.5 Å². The van der Waals surface area contributed by atoms with Crippen molar-refractivity contribution in [1.29, 1.82) is 0 Å². The first-order chi connectivity index (χ1) is 15.5. The summed E-state index contributed by atoms with van der Waals surface area (Å²) in [5, 5.41) is 4.10. The molecular weight excluding hydrogens is 477 g/mol. The first-order valence-electron chi connectivity index (χ1n) is 9.87. The molecule has 0 aliphatic rings. The Morgan fingerprint density at radius 2 is 1.06 bits per heavy atom. The van der Waals surface area contributed by atoms with Gasteiger partial charge in [0, 0.05) is 22.2 Å². The van der Waals surface area contributed by atoms with Crippen molar-refractivity contribution < 1.29 is 0 Å². The van der Waals surface area contributed by atoms with E-state index in [4.69, 9.17) is 9.97 Å². The molecule has 0 saturated heterocycles. The van der Waals surface area contributed by atoms with Gasteiger partial charge in [-0.1, -0.05) is 0 Å². The van der Waals surface area contributed by atoms with Crippen LogP contribution in [0.1, 0.15) is 22.5 Å². The number of fused-ring (bicyclic) bond motifs is 6. The number of hydrogen-bond donors (Lipinski definition) is 0. The molecule has 0 N–H and O–H groups in total. The standard InChI is InChI=1S/C22H16N6S4/c1-9-5-11(3)27-19-13(9)15-17(29-19)21(25-7-23-15)31-32-22-18-16(24-8-26-22)14-10(2)6-12(4)28-20(14)30-18/h5-8H,1-4H3. The van der Waals surface area contributed by atoms with Gasteiger partial charge in [0.1, 0.15) is 32.4 Å². The maximum atomic E-state index is 4.72. The number of hydrogen-bond acceptors (Lipinski definition) is 10. The fourth-order valence-electron chi connectivity index (χ4n) is 3.98. The predicted octanol–water partition coefficient (Wildman–Crippen LogP) is 6.83. The van der Waals surface area contributed by atoms with Gasteiger partial charge in [0.25, 0.3) is 0 Å². The third-order valence-corrected chi connectivity index (χ3v) is 9.87. The number of pyridine rings is 2. The Balaban J connectivity index is 1.44. The van der Waals surface area contributed by atoms with E-state index in [0.29, 0.717) is 0 Å². The molecule has 6 rings (SSSR count). The van der Waals surface area contributed by atoms with Crippen LogP contribution in [0.5, 0.6) is 0 Å². The maximum Gasteiger partial charge on any atom is 0.128 e. The van der Waals surface area contributed by atoms with Crippen LogP contribution >= 0.6 is 44.3 Å². The summed E-state index contributed by atoms with van der Waals surface area (Å²) in [5.41, 5.74) is 6.37. The molecule has 10 heteroatoms. The summed E-state index contributed by atoms with van der Waals surface area (Å²) >= 11 is 3.30. The van der Waals surface area contributed by atoms with Crippen LogP contribution in [0.2, 0.25) is 0 Å². The fraction of sp³-hybridized carbons (Fsp3) is 0.182. The van der Waals surface area contributed by atoms with Crippen LogP contribution in [0.4, 0.5) is 0 Å². The van der Waals surface area contributed by atoms with E-state index >= 15 is 0 Å². The van der Waals surface area contributed by atoms with Gasteiger partial charge in [-0.2, -0.15) is 0 Å². The Labute approximate surface area is 199 Å². The highest BCUT2D eigenvalue weighted by Gasteiger charge is 2.18. The zero-order chi connectivity index (χ0) is 22.0. The highest BCUT2D eigenvalue weighted by Crippen LogP contribution is 2.46. The van der Waals surface area contributed by atoms with Gasteiger partial charge in [0.15, 0.2) is 0 Å². The average molecular weight is 493 g/mol. The third kappa shape index (κ3) is 3.16. The van der Waals surface area contributed by atoms with E-state index in [-0.39, 0.29) is 0 Å². The van der Waals surface area contributed by atoms with Gasteiger partial charge in [0.2, 0.25) is 0 Å². The molecule has 0 fully saturated rings. The van der Waals surface area contributed by atoms with Gasteiger partial charge < -0.3 is 0 Å². The Morgan fingerprint density at radius 3 is 1.50 bits per heavy atom. The highest BCUT2D eigenvalue weighted by atomic mass is 33.1. The molecule has 6 aromatic rings. The van der Waals surface area contributed by atoms with Crippen LogP contribution in [0, 0.1) is 27.7 Å². The molecule has 0 aliphatic carbocycles. The monoisotopic (exact) mass is 492 g/mol. The Kier molecular flexibility index (Phi) is 4.79. The van der Waals surface area contributed by atoms with Crippen LogP contribution in [0.3, 0.4) is 0 Å². The zero-order valence-corrected chi connectivity index (χ0v) is 20.9. The number of rotatable bonds is 3. The molecule has 0 amide bonds. The minimum absolute atomic E-state index is 0.929. The van der Waals surface area contributed by atoms with Gasteiger partial charge in [-0.25, -0.2) is 29.9 Å². The number of aromatic nitrogens is 6. The summed E-state index contributed by atoms with van der Waals surface area (Å²) in [6.45, 7) is 8.28. The molecule has 6 nitrogen and oxygen atoms in total. The highest BCUT2D eigenvalue weighted by molar-refractivity contribution is 8.76. The lowest BCUT2D eigenvalue weighted by Crippen LogP contribution is -1.86. The number of aryl methyl sites for hydroxylation is 4. The van der Waals surface area contributed by atoms with Gasteiger partial charge >= 0.3 is 0 Å². The molecule has 0 aliphatic heterocycles. The summed E-state index contributed by atoms with van der Waals surface area (Å²) in [5.74, 6) is 0. The predicted molar refractivity (Wildman–Crippen MR) is 136 cm³/mol. The molecule has 0 aromatic carbocycles. The molecule has 32 heavy (non-hydrogen) atoms. The van der Waals surface area contributed by atoms with Crippen LogP contribution in [-0.4, -0.2) is 29.9 Å². The zero-order valence-electron chi connectivity index (χ0n) is 17.6. The van der Waals surface area contributed by atoms with Crippen molar-refractivity contribution in [1.82, 2.24) is 29.9 Å². The van der Waals surface area contributed by atoms with Crippen molar-refractivity contribution in [2.24, 2.45) is 0 Å². The normalized spacial score (nSPS) is 12.0. The van der Waals surface area contributed by atoms with E-state index in [1.54, 1.807) is 56.9 Å². The smallest absolute Gasteiger partial charge is 0.128 e. The SMILES string of the molecule is Cc1cc(C)c2c(n1)sc1c(SSc3ncnc4c3sc3nc(C)cc(C)c34)ncnc12. The lowest BCUT2D eigenvalue weighted by Gasteiger charge is -2.02. The van der Waals surface area contributed by atoms with Crippen molar-refractivity contribution in [2.75, 3.05) is 0 Å². The molecule has 158 valence electrons. The topological polar surface area (TPSA) is 77.3 Å². The quantitative estimate of drug-likeness (QED) is 0.197. The summed E-state index contributed by atoms with van der Waals surface area (Å²) < 4.78 is 2.13. The lowest BCUT2D eigenvalue weighted by molar-refractivity contribution is 1.11. The van der Waals surface area contributed by atoms with E-state index in [1.807, 2.05) is 13.8 Å². The van der Waals surface area contributed by atoms with Crippen LogP contribution < -0.4 is 0 Å². The molecule has 0 atom stereocenters. The molecular formula is C22H16N6S4. The van der Waals surface area contributed by atoms with E-state index < -0.39 is 0 Å². The Morgan fingerprint density at radius 1 is 0.625 bits per heavy atom. The van der Waals surface area contributed by atoms with Crippen LogP contribution in [0.25, 0.3) is 40.9 Å². The molecule has 0 spiro atoms. The first kappa shape index (κ1) is 20.2. The van der Waals surface area contributed by atoms with Gasteiger partial charge in [-0.15, -0.1) is 22.7 Å². The molecule has 0 unspecified atom stereocenters. The van der Waals surface area contributed by atoms with Crippen LogP contribution in [-0.2, 0) is 0 Å². The van der Waals surface area contributed by atoms with Crippen LogP contribution in [0.15, 0.2) is 34.8 Å². The molecule has 0 bridgehead atoms. The van der Waals surface area contributed by atoms with E-state index in [0.717, 1.165) is 62.3 Å². The number of thiophene rings is 2. The summed E-state index contributed by atoms with van der Waals surface area (Å²) in [7, 11) is 3.21. The minimum Gasteiger partial charge on any atom is -0.242 e. The summed E-state index contributed by atoms with van der Waals surface area (Å²) in [6, 6.07) is 4.21. The van der Waals surface area contributed by atoms with E-state index in [9.17, 15) is 0 Å². The second-order valence-corrected chi connectivity index (χ2v) is 11.7. The second-order valence-electron chi connectivity index (χ2n) is 7.61. The van der Waals surface area contributed by atoms with Crippen molar-refractivity contribution in [3.63, 3.8) is 0 Å². The molecule has 6 heterocycles. The van der Waals surface area contributed by atoms with E-state index in [2.05, 4.69) is 45.9 Å². The molecule has 6 aromatic heterocycles. The number of nitrogens with zero attached hydrogens (tertiary/aromatic N) is 6. The first-order valence-corrected chi connectivity index (χ1v) is 13.7. The maximum absolute atomic E-state index is 4.72. The van der Waals surface area contributed by atoms with Crippen molar-refractivity contribution in [3.8, 4) is 0 Å². The van der Waals surface area contributed by atoms with Gasteiger partial charge in [-0.3, -0.25) is 0 Å². The largest absolute Gasteiger partial charge is 0.242 e. The lowest BCUT2D eigenvalue weighted by atomic mass is 10.1. The summed E-state index contributed by atoms with van der Waals surface area (Å²) in [4.78, 5) is 29.8. The molecule has 0 radical (unpaired) electrons. The fourth-order valence-corrected chi connectivity index (χ4v) is 8.97. The molecule has 0 saturated carbocycles. The Bertz CT molecular complexity index is 1560. The van der Waals surface area contributed by atoms with Crippen molar-refractivity contribution in [3.05, 3.63) is 47.3 Å². The van der Waals surface area contributed by atoms with Crippen molar-refractivity contribution in [2.45, 2.75) is 37.7 Å².